The molecular formula is C15H26N2S. The Labute approximate surface area is 116 Å². The van der Waals surface area contributed by atoms with Gasteiger partial charge in [0.1, 0.15) is 0 Å². The van der Waals surface area contributed by atoms with Gasteiger partial charge >= 0.3 is 0 Å². The van der Waals surface area contributed by atoms with Gasteiger partial charge < -0.3 is 10.2 Å². The number of anilines is 1. The predicted octanol–water partition coefficient (Wildman–Crippen LogP) is 3.37. The Morgan fingerprint density at radius 1 is 1.22 bits per heavy atom. The molecule has 0 bridgehead atoms. The van der Waals surface area contributed by atoms with Crippen molar-refractivity contribution in [2.75, 3.05) is 24.0 Å². The third kappa shape index (κ3) is 4.54. The molecule has 1 aromatic carbocycles. The highest BCUT2D eigenvalue weighted by atomic mass is 32.2. The Bertz CT molecular complexity index is 352. The van der Waals surface area contributed by atoms with E-state index >= 15 is 0 Å². The van der Waals surface area contributed by atoms with E-state index in [1.54, 1.807) is 0 Å². The molecule has 0 aliphatic carbocycles. The number of hydrogen-bond donors (Lipinski definition) is 1. The van der Waals surface area contributed by atoms with E-state index in [1.807, 2.05) is 11.8 Å². The van der Waals surface area contributed by atoms with E-state index in [0.717, 1.165) is 12.3 Å². The van der Waals surface area contributed by atoms with Crippen LogP contribution < -0.4 is 10.2 Å². The van der Waals surface area contributed by atoms with Crippen molar-refractivity contribution in [2.45, 2.75) is 39.4 Å². The van der Waals surface area contributed by atoms with Gasteiger partial charge in [0, 0.05) is 37.1 Å². The van der Waals surface area contributed by atoms with E-state index in [0.29, 0.717) is 12.1 Å². The summed E-state index contributed by atoms with van der Waals surface area (Å²) >= 11 is 1.90. The first-order valence-electron chi connectivity index (χ1n) is 6.59. The molecule has 0 heterocycles. The molecule has 1 atom stereocenters. The van der Waals surface area contributed by atoms with Crippen LogP contribution in [0.3, 0.4) is 0 Å². The Kier molecular flexibility index (Phi) is 6.58. The average Bonchev–Trinajstić information content (AvgIpc) is 2.36. The normalized spacial score (nSPS) is 12.8. The van der Waals surface area contributed by atoms with Gasteiger partial charge in [0.2, 0.25) is 0 Å². The molecule has 3 heteroatoms. The minimum atomic E-state index is 0.520. The van der Waals surface area contributed by atoms with Crippen LogP contribution in [-0.2, 0) is 6.54 Å². The second-order valence-corrected chi connectivity index (χ2v) is 5.99. The lowest BCUT2D eigenvalue weighted by atomic mass is 10.1. The van der Waals surface area contributed by atoms with Crippen LogP contribution in [0.1, 0.15) is 26.3 Å². The lowest BCUT2D eigenvalue weighted by Crippen LogP contribution is -2.32. The third-order valence-electron chi connectivity index (χ3n) is 3.14. The molecule has 0 radical (unpaired) electrons. The van der Waals surface area contributed by atoms with Crippen LogP contribution >= 0.6 is 11.8 Å². The Balaban J connectivity index is 2.80. The van der Waals surface area contributed by atoms with Gasteiger partial charge in [0.15, 0.2) is 0 Å². The van der Waals surface area contributed by atoms with Crippen molar-refractivity contribution in [3.05, 3.63) is 29.8 Å². The summed E-state index contributed by atoms with van der Waals surface area (Å²) in [6, 6.07) is 9.75. The van der Waals surface area contributed by atoms with Gasteiger partial charge in [-0.25, -0.2) is 0 Å². The lowest BCUT2D eigenvalue weighted by molar-refractivity contribution is 0.587. The highest BCUT2D eigenvalue weighted by Gasteiger charge is 2.12. The minimum absolute atomic E-state index is 0.520. The number of benzene rings is 1. The topological polar surface area (TPSA) is 15.3 Å². The molecule has 1 unspecified atom stereocenters. The zero-order valence-electron chi connectivity index (χ0n) is 12.2. The number of nitrogens with zero attached hydrogens (tertiary/aromatic N) is 1. The second-order valence-electron chi connectivity index (χ2n) is 5.08. The first kappa shape index (κ1) is 15.4. The SMILES string of the molecule is CSCC(C)N(C)c1ccccc1CNC(C)C. The summed E-state index contributed by atoms with van der Waals surface area (Å²) < 4.78 is 0. The maximum Gasteiger partial charge on any atom is 0.0411 e. The van der Waals surface area contributed by atoms with E-state index in [2.05, 4.69) is 68.6 Å². The van der Waals surface area contributed by atoms with Crippen molar-refractivity contribution >= 4 is 17.4 Å². The number of thioether (sulfide) groups is 1. The summed E-state index contributed by atoms with van der Waals surface area (Å²) in [6.45, 7) is 7.58. The molecule has 102 valence electrons. The van der Waals surface area contributed by atoms with Crippen LogP contribution in [0.25, 0.3) is 0 Å². The fourth-order valence-corrected chi connectivity index (χ4v) is 2.61. The van der Waals surface area contributed by atoms with E-state index in [-0.39, 0.29) is 0 Å². The summed E-state index contributed by atoms with van der Waals surface area (Å²) in [7, 11) is 2.19. The van der Waals surface area contributed by atoms with Crippen molar-refractivity contribution in [3.8, 4) is 0 Å². The van der Waals surface area contributed by atoms with Crippen molar-refractivity contribution in [3.63, 3.8) is 0 Å². The summed E-state index contributed by atoms with van der Waals surface area (Å²) in [5.41, 5.74) is 2.72. The summed E-state index contributed by atoms with van der Waals surface area (Å²) in [5.74, 6) is 1.16. The molecule has 0 aromatic heterocycles. The summed E-state index contributed by atoms with van der Waals surface area (Å²) in [5, 5.41) is 3.50. The van der Waals surface area contributed by atoms with E-state index in [4.69, 9.17) is 0 Å². The van der Waals surface area contributed by atoms with Gasteiger partial charge in [-0.1, -0.05) is 32.0 Å². The van der Waals surface area contributed by atoms with Crippen molar-refractivity contribution in [2.24, 2.45) is 0 Å². The van der Waals surface area contributed by atoms with Crippen molar-refractivity contribution in [1.29, 1.82) is 0 Å². The largest absolute Gasteiger partial charge is 0.371 e. The fourth-order valence-electron chi connectivity index (χ4n) is 1.91. The second kappa shape index (κ2) is 7.70. The predicted molar refractivity (Wildman–Crippen MR) is 84.7 cm³/mol. The third-order valence-corrected chi connectivity index (χ3v) is 3.96. The number of para-hydroxylation sites is 1. The van der Waals surface area contributed by atoms with Crippen LogP contribution in [0.5, 0.6) is 0 Å². The molecular weight excluding hydrogens is 240 g/mol. The van der Waals surface area contributed by atoms with Gasteiger partial charge in [-0.15, -0.1) is 0 Å². The fraction of sp³-hybridized carbons (Fsp3) is 0.600. The van der Waals surface area contributed by atoms with Gasteiger partial charge in [0.05, 0.1) is 0 Å². The Hall–Kier alpha value is -0.670. The molecule has 18 heavy (non-hydrogen) atoms. The molecule has 0 amide bonds. The minimum Gasteiger partial charge on any atom is -0.371 e. The maximum absolute atomic E-state index is 3.50. The molecule has 0 aliphatic heterocycles. The van der Waals surface area contributed by atoms with Gasteiger partial charge in [-0.3, -0.25) is 0 Å². The highest BCUT2D eigenvalue weighted by molar-refractivity contribution is 7.98. The molecule has 2 nitrogen and oxygen atoms in total. The quantitative estimate of drug-likeness (QED) is 0.814. The zero-order valence-corrected chi connectivity index (χ0v) is 13.1. The average molecular weight is 266 g/mol. The van der Waals surface area contributed by atoms with Crippen LogP contribution in [-0.4, -0.2) is 31.1 Å². The number of nitrogens with one attached hydrogen (secondary N) is 1. The molecule has 1 N–H and O–H groups in total. The smallest absolute Gasteiger partial charge is 0.0411 e. The van der Waals surface area contributed by atoms with Crippen molar-refractivity contribution < 1.29 is 0 Å². The molecule has 0 fully saturated rings. The molecule has 1 aromatic rings. The van der Waals surface area contributed by atoms with Crippen LogP contribution in [0.15, 0.2) is 24.3 Å². The van der Waals surface area contributed by atoms with Crippen LogP contribution in [0.4, 0.5) is 5.69 Å². The summed E-state index contributed by atoms with van der Waals surface area (Å²) in [6.07, 6.45) is 2.16. The molecule has 0 saturated heterocycles. The van der Waals surface area contributed by atoms with Crippen LogP contribution in [0, 0.1) is 0 Å². The van der Waals surface area contributed by atoms with Crippen molar-refractivity contribution in [1.82, 2.24) is 5.32 Å². The first-order valence-corrected chi connectivity index (χ1v) is 7.98. The lowest BCUT2D eigenvalue weighted by Gasteiger charge is -2.29. The molecule has 0 saturated carbocycles. The Morgan fingerprint density at radius 2 is 1.89 bits per heavy atom. The monoisotopic (exact) mass is 266 g/mol. The van der Waals surface area contributed by atoms with E-state index in [9.17, 15) is 0 Å². The maximum atomic E-state index is 3.50. The molecule has 0 aliphatic rings. The summed E-state index contributed by atoms with van der Waals surface area (Å²) in [4.78, 5) is 2.38. The first-order chi connectivity index (χ1) is 8.56. The zero-order chi connectivity index (χ0) is 13.5. The number of hydrogen-bond acceptors (Lipinski definition) is 3. The van der Waals surface area contributed by atoms with E-state index in [1.165, 1.54) is 11.3 Å². The van der Waals surface area contributed by atoms with Gasteiger partial charge in [-0.2, -0.15) is 11.8 Å². The van der Waals surface area contributed by atoms with E-state index < -0.39 is 0 Å². The van der Waals surface area contributed by atoms with Gasteiger partial charge in [0.25, 0.3) is 0 Å². The molecule has 1 rings (SSSR count). The standard InChI is InChI=1S/C15H26N2S/c1-12(2)16-10-14-8-6-7-9-15(14)17(4)13(3)11-18-5/h6-9,12-13,16H,10-11H2,1-5H3. The Morgan fingerprint density at radius 3 is 2.50 bits per heavy atom. The molecule has 0 spiro atoms. The number of rotatable bonds is 7. The van der Waals surface area contributed by atoms with Gasteiger partial charge in [-0.05, 0) is 24.8 Å². The highest BCUT2D eigenvalue weighted by Crippen LogP contribution is 2.22. The van der Waals surface area contributed by atoms with Crippen LogP contribution in [0.2, 0.25) is 0 Å².